The molecule has 2 aromatic carbocycles. The highest BCUT2D eigenvalue weighted by molar-refractivity contribution is 7.89. The Bertz CT molecular complexity index is 865. The summed E-state index contributed by atoms with van der Waals surface area (Å²) in [5.74, 6) is -0.284. The van der Waals surface area contributed by atoms with Crippen molar-refractivity contribution in [2.45, 2.75) is 17.9 Å². The first-order chi connectivity index (χ1) is 12.8. The molecule has 0 bridgehead atoms. The molecule has 144 valence electrons. The molecule has 0 fully saturated rings. The van der Waals surface area contributed by atoms with Crippen LogP contribution >= 0.6 is 0 Å². The lowest BCUT2D eigenvalue weighted by molar-refractivity contribution is -0.154. The van der Waals surface area contributed by atoms with Crippen LogP contribution in [0.5, 0.6) is 5.75 Å². The minimum Gasteiger partial charge on any atom is -0.482 e. The van der Waals surface area contributed by atoms with Crippen molar-refractivity contribution in [3.63, 3.8) is 0 Å². The number of sulfonamides is 1. The highest BCUT2D eigenvalue weighted by Gasteiger charge is 2.25. The van der Waals surface area contributed by atoms with Gasteiger partial charge in [-0.05, 0) is 31.2 Å². The van der Waals surface area contributed by atoms with Crippen LogP contribution in [0.4, 0.5) is 0 Å². The van der Waals surface area contributed by atoms with Crippen molar-refractivity contribution < 1.29 is 27.5 Å². The van der Waals surface area contributed by atoms with Crippen molar-refractivity contribution in [2.24, 2.45) is 0 Å². The summed E-state index contributed by atoms with van der Waals surface area (Å²) in [5.41, 5.74) is 0.926. The second-order valence-corrected chi connectivity index (χ2v) is 7.91. The summed E-state index contributed by atoms with van der Waals surface area (Å²) in [6.45, 7) is 1.17. The molecule has 0 aliphatic heterocycles. The van der Waals surface area contributed by atoms with Gasteiger partial charge < -0.3 is 9.47 Å². The van der Waals surface area contributed by atoms with Crippen molar-refractivity contribution >= 4 is 22.3 Å². The number of likely N-dealkylation sites (N-methyl/N-ethyl adjacent to an activating group) is 1. The average molecular weight is 391 g/mol. The summed E-state index contributed by atoms with van der Waals surface area (Å²) >= 11 is 0. The molecule has 7 nitrogen and oxygen atoms in total. The number of hydrogen-bond acceptors (Lipinski definition) is 6. The Morgan fingerprint density at radius 3 is 2.33 bits per heavy atom. The van der Waals surface area contributed by atoms with Gasteiger partial charge in [0.15, 0.2) is 19.0 Å². The molecule has 0 saturated carbocycles. The zero-order chi connectivity index (χ0) is 19.9. The highest BCUT2D eigenvalue weighted by Crippen LogP contribution is 2.15. The molecule has 1 atom stereocenters. The van der Waals surface area contributed by atoms with Crippen LogP contribution in [0.1, 0.15) is 5.56 Å². The number of carbonyl (C=O) groups excluding carboxylic acids is 2. The Morgan fingerprint density at radius 1 is 1.11 bits per heavy atom. The summed E-state index contributed by atoms with van der Waals surface area (Å²) in [6.07, 6.45) is -0.844. The molecule has 0 aliphatic carbocycles. The van der Waals surface area contributed by atoms with Gasteiger partial charge in [-0.25, -0.2) is 13.2 Å². The highest BCUT2D eigenvalue weighted by atomic mass is 32.2. The molecule has 8 heteroatoms. The third kappa shape index (κ3) is 5.90. The smallest absolute Gasteiger partial charge is 0.344 e. The SMILES string of the molecule is Cc1ccc(S(=O)(=O)N(C)CC(C=O)OC(=O)COc2ccccc2)cc1. The van der Waals surface area contributed by atoms with Crippen molar-refractivity contribution in [3.05, 3.63) is 60.2 Å². The van der Waals surface area contributed by atoms with E-state index >= 15 is 0 Å². The zero-order valence-corrected chi connectivity index (χ0v) is 15.9. The quantitative estimate of drug-likeness (QED) is 0.478. The Hall–Kier alpha value is -2.71. The van der Waals surface area contributed by atoms with Gasteiger partial charge >= 0.3 is 5.97 Å². The van der Waals surface area contributed by atoms with Gasteiger partial charge in [-0.1, -0.05) is 35.9 Å². The summed E-state index contributed by atoms with van der Waals surface area (Å²) in [4.78, 5) is 23.2. The Morgan fingerprint density at radius 2 is 1.74 bits per heavy atom. The number of nitrogens with zero attached hydrogens (tertiary/aromatic N) is 1. The fraction of sp³-hybridized carbons (Fsp3) is 0.263. The normalized spacial score (nSPS) is 12.4. The molecule has 0 N–H and O–H groups in total. The monoisotopic (exact) mass is 391 g/mol. The molecular weight excluding hydrogens is 370 g/mol. The van der Waals surface area contributed by atoms with Crippen LogP contribution in [0.15, 0.2) is 59.5 Å². The molecule has 0 amide bonds. The topological polar surface area (TPSA) is 90.0 Å². The Balaban J connectivity index is 1.93. The second kappa shape index (κ2) is 9.29. The number of esters is 1. The van der Waals surface area contributed by atoms with E-state index in [1.807, 2.05) is 6.92 Å². The van der Waals surface area contributed by atoms with E-state index in [1.54, 1.807) is 42.5 Å². The van der Waals surface area contributed by atoms with Crippen molar-refractivity contribution in [2.75, 3.05) is 20.2 Å². The first-order valence-electron chi connectivity index (χ1n) is 8.18. The van der Waals surface area contributed by atoms with Gasteiger partial charge in [0.1, 0.15) is 5.75 Å². The Kier molecular flexibility index (Phi) is 7.09. The average Bonchev–Trinajstić information content (AvgIpc) is 2.66. The van der Waals surface area contributed by atoms with E-state index in [-0.39, 0.29) is 18.0 Å². The minimum absolute atomic E-state index is 0.0963. The van der Waals surface area contributed by atoms with Gasteiger partial charge in [-0.2, -0.15) is 4.31 Å². The summed E-state index contributed by atoms with van der Waals surface area (Å²) in [6, 6.07) is 15.0. The zero-order valence-electron chi connectivity index (χ0n) is 15.1. The van der Waals surface area contributed by atoms with Crippen LogP contribution < -0.4 is 4.74 Å². The number of ether oxygens (including phenoxy) is 2. The number of hydrogen-bond donors (Lipinski definition) is 0. The fourth-order valence-electron chi connectivity index (χ4n) is 2.21. The third-order valence-corrected chi connectivity index (χ3v) is 5.54. The summed E-state index contributed by atoms with van der Waals surface area (Å²) in [7, 11) is -2.48. The molecule has 1 unspecified atom stereocenters. The molecule has 0 spiro atoms. The van der Waals surface area contributed by atoms with E-state index in [0.717, 1.165) is 9.87 Å². The van der Waals surface area contributed by atoms with Gasteiger partial charge in [0.2, 0.25) is 10.0 Å². The van der Waals surface area contributed by atoms with Crippen LogP contribution in [0.25, 0.3) is 0 Å². The van der Waals surface area contributed by atoms with Gasteiger partial charge in [-0.3, -0.25) is 4.79 Å². The molecule has 0 aromatic heterocycles. The third-order valence-electron chi connectivity index (χ3n) is 3.70. The first kappa shape index (κ1) is 20.6. The number of aryl methyl sites for hydroxylation is 1. The van der Waals surface area contributed by atoms with Crippen molar-refractivity contribution in [1.29, 1.82) is 0 Å². The number of aldehydes is 1. The lowest BCUT2D eigenvalue weighted by atomic mass is 10.2. The minimum atomic E-state index is -3.80. The van der Waals surface area contributed by atoms with Crippen molar-refractivity contribution in [1.82, 2.24) is 4.31 Å². The number of carbonyl (C=O) groups is 2. The molecule has 2 rings (SSSR count). The second-order valence-electron chi connectivity index (χ2n) is 5.86. The number of benzene rings is 2. The predicted octanol–water partition coefficient (Wildman–Crippen LogP) is 1.81. The summed E-state index contributed by atoms with van der Waals surface area (Å²) in [5, 5.41) is 0. The lowest BCUT2D eigenvalue weighted by Gasteiger charge is -2.21. The standard InChI is InChI=1S/C19H21NO6S/c1-15-8-10-18(11-9-15)27(23,24)20(2)12-17(13-21)26-19(22)14-25-16-6-4-3-5-7-16/h3-11,13,17H,12,14H2,1-2H3. The van der Waals surface area contributed by atoms with Crippen LogP contribution in [0.2, 0.25) is 0 Å². The molecule has 27 heavy (non-hydrogen) atoms. The van der Waals surface area contributed by atoms with Crippen LogP contribution in [-0.2, 0) is 24.3 Å². The Labute approximate surface area is 158 Å². The lowest BCUT2D eigenvalue weighted by Crippen LogP contribution is -2.38. The molecule has 0 saturated heterocycles. The molecular formula is C19H21NO6S. The maximum Gasteiger partial charge on any atom is 0.344 e. The first-order valence-corrected chi connectivity index (χ1v) is 9.62. The van der Waals surface area contributed by atoms with E-state index in [2.05, 4.69) is 0 Å². The molecule has 2 aromatic rings. The van der Waals surface area contributed by atoms with Gasteiger partial charge in [-0.15, -0.1) is 0 Å². The number of para-hydroxylation sites is 1. The van der Waals surface area contributed by atoms with Gasteiger partial charge in [0.25, 0.3) is 0 Å². The maximum atomic E-state index is 12.5. The summed E-state index contributed by atoms with van der Waals surface area (Å²) < 4.78 is 36.3. The molecule has 0 aliphatic rings. The van der Waals surface area contributed by atoms with E-state index in [4.69, 9.17) is 9.47 Å². The van der Waals surface area contributed by atoms with Crippen LogP contribution in [0, 0.1) is 6.92 Å². The van der Waals surface area contributed by atoms with E-state index in [9.17, 15) is 18.0 Å². The maximum absolute atomic E-state index is 12.5. The van der Waals surface area contributed by atoms with E-state index in [1.165, 1.54) is 19.2 Å². The van der Waals surface area contributed by atoms with Gasteiger partial charge in [0, 0.05) is 7.05 Å². The molecule has 0 heterocycles. The van der Waals surface area contributed by atoms with Crippen LogP contribution in [0.3, 0.4) is 0 Å². The van der Waals surface area contributed by atoms with E-state index in [0.29, 0.717) is 12.0 Å². The van der Waals surface area contributed by atoms with Crippen LogP contribution in [-0.4, -0.2) is 51.3 Å². The van der Waals surface area contributed by atoms with E-state index < -0.39 is 22.1 Å². The van der Waals surface area contributed by atoms with Crippen molar-refractivity contribution in [3.8, 4) is 5.75 Å². The molecule has 0 radical (unpaired) electrons. The largest absolute Gasteiger partial charge is 0.482 e. The predicted molar refractivity (Wildman–Crippen MR) is 98.9 cm³/mol. The van der Waals surface area contributed by atoms with Gasteiger partial charge in [0.05, 0.1) is 11.4 Å². The fourth-order valence-corrected chi connectivity index (χ4v) is 3.39. The number of rotatable bonds is 9.